The van der Waals surface area contributed by atoms with Gasteiger partial charge in [0, 0.05) is 23.7 Å². The lowest BCUT2D eigenvalue weighted by Gasteiger charge is -2.10. The molecule has 11 heteroatoms. The topological polar surface area (TPSA) is 109 Å². The molecule has 0 bridgehead atoms. The zero-order valence-electron chi connectivity index (χ0n) is 16.1. The van der Waals surface area contributed by atoms with E-state index >= 15 is 0 Å². The van der Waals surface area contributed by atoms with Crippen molar-refractivity contribution in [3.05, 3.63) is 63.9 Å². The molecule has 0 radical (unpaired) electrons. The zero-order chi connectivity index (χ0) is 21.7. The summed E-state index contributed by atoms with van der Waals surface area (Å²) in [6.45, 7) is 2.08. The maximum Gasteiger partial charge on any atom is 0.240 e. The van der Waals surface area contributed by atoms with Crippen LogP contribution in [0.2, 0.25) is 5.02 Å². The van der Waals surface area contributed by atoms with Crippen LogP contribution in [0.15, 0.2) is 53.4 Å². The summed E-state index contributed by atoms with van der Waals surface area (Å²) in [6.07, 6.45) is 0. The van der Waals surface area contributed by atoms with E-state index in [0.29, 0.717) is 15.6 Å². The number of sulfonamides is 1. The Kier molecular flexibility index (Phi) is 7.03. The fraction of sp³-hybridized carbons (Fsp3) is 0.211. The Morgan fingerprint density at radius 3 is 2.63 bits per heavy atom. The first-order chi connectivity index (χ1) is 14.3. The standard InChI is InChI=1S/C19H20ClN5O3S2/c1-13-5-7-14(8-6-13)18-23-24-19(29)25(18)12-17(26)21-9-10-22-30(27,28)16-4-2-3-15(20)11-16/h2-8,11,22H,9-10,12H2,1H3,(H,21,26)(H,24,29). The number of hydrogen-bond donors (Lipinski definition) is 3. The molecule has 30 heavy (non-hydrogen) atoms. The number of aryl methyl sites for hydroxylation is 1. The van der Waals surface area contributed by atoms with E-state index in [9.17, 15) is 13.2 Å². The number of rotatable bonds is 8. The molecule has 1 aromatic heterocycles. The van der Waals surface area contributed by atoms with Crippen LogP contribution in [0.5, 0.6) is 0 Å². The van der Waals surface area contributed by atoms with E-state index in [0.717, 1.165) is 11.1 Å². The van der Waals surface area contributed by atoms with Crippen molar-refractivity contribution >= 4 is 39.7 Å². The highest BCUT2D eigenvalue weighted by Crippen LogP contribution is 2.18. The van der Waals surface area contributed by atoms with Crippen molar-refractivity contribution in [2.45, 2.75) is 18.4 Å². The zero-order valence-corrected chi connectivity index (χ0v) is 18.4. The third kappa shape index (κ3) is 5.54. The van der Waals surface area contributed by atoms with Crippen molar-refractivity contribution in [3.8, 4) is 11.4 Å². The molecule has 0 unspecified atom stereocenters. The molecular weight excluding hydrogens is 446 g/mol. The number of carbonyl (C=O) groups is 1. The van der Waals surface area contributed by atoms with Crippen LogP contribution >= 0.6 is 23.8 Å². The highest BCUT2D eigenvalue weighted by atomic mass is 35.5. The first-order valence-electron chi connectivity index (χ1n) is 9.00. The number of aromatic nitrogens is 3. The van der Waals surface area contributed by atoms with Crippen LogP contribution in [0.1, 0.15) is 5.56 Å². The Balaban J connectivity index is 1.56. The third-order valence-corrected chi connectivity index (χ3v) is 6.22. The van der Waals surface area contributed by atoms with Crippen LogP contribution in [-0.4, -0.2) is 42.2 Å². The van der Waals surface area contributed by atoms with Crippen LogP contribution in [0, 0.1) is 11.7 Å². The van der Waals surface area contributed by atoms with E-state index in [1.165, 1.54) is 12.1 Å². The van der Waals surface area contributed by atoms with Gasteiger partial charge in [-0.3, -0.25) is 14.5 Å². The number of hydrogen-bond acceptors (Lipinski definition) is 5. The number of nitrogens with one attached hydrogen (secondary N) is 3. The predicted octanol–water partition coefficient (Wildman–Crippen LogP) is 2.66. The molecule has 0 aliphatic heterocycles. The average Bonchev–Trinajstić information content (AvgIpc) is 3.06. The van der Waals surface area contributed by atoms with Crippen LogP contribution in [-0.2, 0) is 21.4 Å². The van der Waals surface area contributed by atoms with E-state index < -0.39 is 10.0 Å². The summed E-state index contributed by atoms with van der Waals surface area (Å²) in [5, 5.41) is 9.90. The molecule has 3 N–H and O–H groups in total. The molecule has 2 aromatic carbocycles. The van der Waals surface area contributed by atoms with E-state index in [2.05, 4.69) is 20.2 Å². The Hall–Kier alpha value is -2.53. The SMILES string of the molecule is Cc1ccc(-c2n[nH]c(=S)n2CC(=O)NCCNS(=O)(=O)c2cccc(Cl)c2)cc1. The number of nitrogens with zero attached hydrogens (tertiary/aromatic N) is 2. The smallest absolute Gasteiger partial charge is 0.240 e. The molecule has 0 spiro atoms. The van der Waals surface area contributed by atoms with Crippen molar-refractivity contribution in [1.29, 1.82) is 0 Å². The first-order valence-corrected chi connectivity index (χ1v) is 11.3. The molecule has 3 rings (SSSR count). The van der Waals surface area contributed by atoms with Gasteiger partial charge in [-0.15, -0.1) is 0 Å². The van der Waals surface area contributed by atoms with Crippen molar-refractivity contribution in [3.63, 3.8) is 0 Å². The van der Waals surface area contributed by atoms with Crippen molar-refractivity contribution in [2.24, 2.45) is 0 Å². The second kappa shape index (κ2) is 9.52. The number of carbonyl (C=O) groups excluding carboxylic acids is 1. The maximum absolute atomic E-state index is 12.3. The monoisotopic (exact) mass is 465 g/mol. The summed E-state index contributed by atoms with van der Waals surface area (Å²) in [6, 6.07) is 13.6. The highest BCUT2D eigenvalue weighted by Gasteiger charge is 2.15. The Bertz CT molecular complexity index is 1200. The summed E-state index contributed by atoms with van der Waals surface area (Å²) in [7, 11) is -3.71. The molecule has 8 nitrogen and oxygen atoms in total. The van der Waals surface area contributed by atoms with Gasteiger partial charge in [-0.1, -0.05) is 47.5 Å². The van der Waals surface area contributed by atoms with Gasteiger partial charge in [0.15, 0.2) is 10.6 Å². The van der Waals surface area contributed by atoms with Crippen molar-refractivity contribution in [1.82, 2.24) is 24.8 Å². The average molecular weight is 466 g/mol. The lowest BCUT2D eigenvalue weighted by molar-refractivity contribution is -0.121. The van der Waals surface area contributed by atoms with Gasteiger partial charge in [0.2, 0.25) is 15.9 Å². The van der Waals surface area contributed by atoms with E-state index in [1.54, 1.807) is 16.7 Å². The number of halogens is 1. The Labute approximate surface area is 184 Å². The molecule has 0 atom stereocenters. The molecular formula is C19H20ClN5O3S2. The fourth-order valence-corrected chi connectivity index (χ4v) is 4.22. The summed E-state index contributed by atoms with van der Waals surface area (Å²) in [5.41, 5.74) is 1.94. The normalized spacial score (nSPS) is 11.4. The maximum atomic E-state index is 12.3. The molecule has 1 amide bonds. The van der Waals surface area contributed by atoms with E-state index in [-0.39, 0.29) is 30.4 Å². The minimum Gasteiger partial charge on any atom is -0.353 e. The van der Waals surface area contributed by atoms with E-state index in [4.69, 9.17) is 23.8 Å². The highest BCUT2D eigenvalue weighted by molar-refractivity contribution is 7.89. The molecule has 158 valence electrons. The van der Waals surface area contributed by atoms with Gasteiger partial charge in [-0.25, -0.2) is 13.1 Å². The second-order valence-electron chi connectivity index (χ2n) is 6.51. The lowest BCUT2D eigenvalue weighted by Crippen LogP contribution is -2.36. The molecule has 0 fully saturated rings. The van der Waals surface area contributed by atoms with Crippen molar-refractivity contribution in [2.75, 3.05) is 13.1 Å². The molecule has 3 aromatic rings. The Morgan fingerprint density at radius 1 is 1.20 bits per heavy atom. The van der Waals surface area contributed by atoms with Gasteiger partial charge < -0.3 is 5.32 Å². The van der Waals surface area contributed by atoms with Gasteiger partial charge in [-0.2, -0.15) is 5.10 Å². The Morgan fingerprint density at radius 2 is 1.93 bits per heavy atom. The quantitative estimate of drug-likeness (QED) is 0.350. The van der Waals surface area contributed by atoms with Gasteiger partial charge in [0.05, 0.1) is 4.90 Å². The summed E-state index contributed by atoms with van der Waals surface area (Å²) in [4.78, 5) is 12.4. The van der Waals surface area contributed by atoms with E-state index in [1.807, 2.05) is 31.2 Å². The fourth-order valence-electron chi connectivity index (χ4n) is 2.69. The summed E-state index contributed by atoms with van der Waals surface area (Å²) < 4.78 is 28.8. The first kappa shape index (κ1) is 22.2. The number of H-pyrrole nitrogens is 1. The molecule has 1 heterocycles. The summed E-state index contributed by atoms with van der Waals surface area (Å²) >= 11 is 11.1. The minimum absolute atomic E-state index is 0.0300. The lowest BCUT2D eigenvalue weighted by atomic mass is 10.1. The van der Waals surface area contributed by atoms with Crippen LogP contribution in [0.3, 0.4) is 0 Å². The molecule has 0 aliphatic rings. The third-order valence-electron chi connectivity index (χ3n) is 4.22. The van der Waals surface area contributed by atoms with Gasteiger partial charge in [-0.05, 0) is 37.3 Å². The van der Waals surface area contributed by atoms with Crippen LogP contribution < -0.4 is 10.0 Å². The van der Waals surface area contributed by atoms with Crippen LogP contribution in [0.25, 0.3) is 11.4 Å². The number of amides is 1. The van der Waals surface area contributed by atoms with Gasteiger partial charge in [0.25, 0.3) is 0 Å². The molecule has 0 saturated carbocycles. The van der Waals surface area contributed by atoms with Gasteiger partial charge in [0.1, 0.15) is 6.54 Å². The number of aromatic amines is 1. The molecule has 0 aliphatic carbocycles. The number of benzene rings is 2. The second-order valence-corrected chi connectivity index (χ2v) is 9.10. The predicted molar refractivity (Wildman–Crippen MR) is 117 cm³/mol. The summed E-state index contributed by atoms with van der Waals surface area (Å²) in [5.74, 6) is 0.236. The minimum atomic E-state index is -3.71. The van der Waals surface area contributed by atoms with Crippen molar-refractivity contribution < 1.29 is 13.2 Å². The largest absolute Gasteiger partial charge is 0.353 e. The van der Waals surface area contributed by atoms with Gasteiger partial charge >= 0.3 is 0 Å². The van der Waals surface area contributed by atoms with Crippen LogP contribution in [0.4, 0.5) is 0 Å². The molecule has 0 saturated heterocycles.